The van der Waals surface area contributed by atoms with Gasteiger partial charge in [-0.2, -0.15) is 0 Å². The van der Waals surface area contributed by atoms with Gasteiger partial charge in [-0.05, 0) is 42.4 Å². The zero-order valence-corrected chi connectivity index (χ0v) is 9.79. The Morgan fingerprint density at radius 3 is 2.57 bits per heavy atom. The quantitative estimate of drug-likeness (QED) is 0.630. The van der Waals surface area contributed by atoms with Crippen LogP contribution in [0.3, 0.4) is 0 Å². The predicted molar refractivity (Wildman–Crippen MR) is 59.0 cm³/mol. The van der Waals surface area contributed by atoms with Crippen molar-refractivity contribution in [1.29, 1.82) is 0 Å². The highest BCUT2D eigenvalue weighted by Crippen LogP contribution is 2.52. The van der Waals surface area contributed by atoms with E-state index in [1.54, 1.807) is 0 Å². The van der Waals surface area contributed by atoms with Crippen molar-refractivity contribution >= 4 is 0 Å². The third-order valence-corrected chi connectivity index (χ3v) is 4.79. The molecule has 0 radical (unpaired) electrons. The molecule has 0 aromatic rings. The molecule has 0 spiro atoms. The van der Waals surface area contributed by atoms with E-state index >= 15 is 0 Å². The summed E-state index contributed by atoms with van der Waals surface area (Å²) in [6.45, 7) is 7.10. The van der Waals surface area contributed by atoms with Gasteiger partial charge in [-0.25, -0.2) is 0 Å². The van der Waals surface area contributed by atoms with Crippen LogP contribution in [-0.2, 0) is 0 Å². The maximum atomic E-state index is 10.1. The SMILES string of the molecule is CC1CCCC(C)(C)C2C(O)CCC12. The van der Waals surface area contributed by atoms with Gasteiger partial charge in [-0.15, -0.1) is 0 Å². The molecule has 4 unspecified atom stereocenters. The zero-order valence-electron chi connectivity index (χ0n) is 9.79. The summed E-state index contributed by atoms with van der Waals surface area (Å²) < 4.78 is 0. The van der Waals surface area contributed by atoms with Gasteiger partial charge in [0.25, 0.3) is 0 Å². The Morgan fingerprint density at radius 1 is 1.14 bits per heavy atom. The van der Waals surface area contributed by atoms with Crippen LogP contribution in [0.4, 0.5) is 0 Å². The molecule has 82 valence electrons. The second kappa shape index (κ2) is 3.52. The molecular formula is C13H24O. The molecule has 0 bridgehead atoms. The van der Waals surface area contributed by atoms with Crippen molar-refractivity contribution in [2.45, 2.75) is 59.0 Å². The molecule has 14 heavy (non-hydrogen) atoms. The van der Waals surface area contributed by atoms with Crippen molar-refractivity contribution < 1.29 is 5.11 Å². The highest BCUT2D eigenvalue weighted by atomic mass is 16.3. The van der Waals surface area contributed by atoms with Gasteiger partial charge in [0.2, 0.25) is 0 Å². The average molecular weight is 196 g/mol. The topological polar surface area (TPSA) is 20.2 Å². The molecule has 2 rings (SSSR count). The Kier molecular flexibility index (Phi) is 2.63. The first-order valence-electron chi connectivity index (χ1n) is 6.20. The van der Waals surface area contributed by atoms with Gasteiger partial charge in [0.1, 0.15) is 0 Å². The lowest BCUT2D eigenvalue weighted by molar-refractivity contribution is 0.0293. The third kappa shape index (κ3) is 1.60. The molecule has 1 heteroatoms. The molecule has 0 aromatic heterocycles. The Balaban J connectivity index is 2.25. The standard InChI is InChI=1S/C13H24O/c1-9-5-4-8-13(2,3)12-10(9)6-7-11(12)14/h9-12,14H,4-8H2,1-3H3. The van der Waals surface area contributed by atoms with Crippen molar-refractivity contribution in [2.24, 2.45) is 23.2 Å². The first-order valence-corrected chi connectivity index (χ1v) is 6.20. The Hall–Kier alpha value is -0.0400. The number of fused-ring (bicyclic) bond motifs is 1. The minimum Gasteiger partial charge on any atom is -0.393 e. The first-order chi connectivity index (χ1) is 6.52. The fourth-order valence-electron chi connectivity index (χ4n) is 4.01. The first kappa shape index (κ1) is 10.5. The minimum atomic E-state index is -0.0180. The number of hydrogen-bond acceptors (Lipinski definition) is 1. The number of rotatable bonds is 0. The molecule has 0 saturated heterocycles. The minimum absolute atomic E-state index is 0.0180. The van der Waals surface area contributed by atoms with Gasteiger partial charge < -0.3 is 5.11 Å². The predicted octanol–water partition coefficient (Wildman–Crippen LogP) is 3.22. The van der Waals surface area contributed by atoms with Crippen LogP contribution < -0.4 is 0 Å². The molecule has 1 N–H and O–H groups in total. The van der Waals surface area contributed by atoms with Gasteiger partial charge in [-0.3, -0.25) is 0 Å². The lowest BCUT2D eigenvalue weighted by Gasteiger charge is -2.37. The number of aliphatic hydroxyl groups excluding tert-OH is 1. The molecule has 0 amide bonds. The highest BCUT2D eigenvalue weighted by Gasteiger charge is 2.47. The van der Waals surface area contributed by atoms with E-state index in [1.165, 1.54) is 25.7 Å². The van der Waals surface area contributed by atoms with E-state index in [9.17, 15) is 5.11 Å². The molecule has 1 nitrogen and oxygen atoms in total. The van der Waals surface area contributed by atoms with E-state index < -0.39 is 0 Å². The van der Waals surface area contributed by atoms with E-state index in [1.807, 2.05) is 0 Å². The van der Waals surface area contributed by atoms with Gasteiger partial charge in [0, 0.05) is 0 Å². The molecule has 0 aromatic carbocycles. The third-order valence-electron chi connectivity index (χ3n) is 4.79. The van der Waals surface area contributed by atoms with Gasteiger partial charge in [-0.1, -0.05) is 33.6 Å². The summed E-state index contributed by atoms with van der Waals surface area (Å²) in [5.74, 6) is 2.20. The van der Waals surface area contributed by atoms with Crippen molar-refractivity contribution in [2.75, 3.05) is 0 Å². The van der Waals surface area contributed by atoms with Crippen LogP contribution in [0.5, 0.6) is 0 Å². The van der Waals surface area contributed by atoms with Gasteiger partial charge >= 0.3 is 0 Å². The molecule has 4 atom stereocenters. The summed E-state index contributed by atoms with van der Waals surface area (Å²) in [5, 5.41) is 10.1. The summed E-state index contributed by atoms with van der Waals surface area (Å²) in [6, 6.07) is 0. The van der Waals surface area contributed by atoms with Crippen LogP contribution in [-0.4, -0.2) is 11.2 Å². The van der Waals surface area contributed by atoms with Gasteiger partial charge in [0.15, 0.2) is 0 Å². The van der Waals surface area contributed by atoms with Crippen LogP contribution >= 0.6 is 0 Å². The monoisotopic (exact) mass is 196 g/mol. The maximum absolute atomic E-state index is 10.1. The number of hydrogen-bond donors (Lipinski definition) is 1. The largest absolute Gasteiger partial charge is 0.393 e. The number of aliphatic hydroxyl groups is 1. The molecular weight excluding hydrogens is 172 g/mol. The average Bonchev–Trinajstić information content (AvgIpc) is 2.42. The molecule has 0 aliphatic heterocycles. The van der Waals surface area contributed by atoms with Crippen molar-refractivity contribution in [3.05, 3.63) is 0 Å². The second-order valence-corrected chi connectivity index (χ2v) is 6.19. The van der Waals surface area contributed by atoms with Crippen LogP contribution in [0.15, 0.2) is 0 Å². The van der Waals surface area contributed by atoms with Crippen LogP contribution in [0.2, 0.25) is 0 Å². The Bertz CT molecular complexity index is 209. The fraction of sp³-hybridized carbons (Fsp3) is 1.00. The summed E-state index contributed by atoms with van der Waals surface area (Å²) in [6.07, 6.45) is 6.32. The second-order valence-electron chi connectivity index (χ2n) is 6.19. The van der Waals surface area contributed by atoms with E-state index in [-0.39, 0.29) is 6.10 Å². The summed E-state index contributed by atoms with van der Waals surface area (Å²) in [5.41, 5.74) is 0.366. The van der Waals surface area contributed by atoms with Crippen molar-refractivity contribution in [3.8, 4) is 0 Å². The molecule has 2 saturated carbocycles. The molecule has 2 aliphatic rings. The Morgan fingerprint density at radius 2 is 1.86 bits per heavy atom. The van der Waals surface area contributed by atoms with E-state index in [4.69, 9.17) is 0 Å². The lowest BCUT2D eigenvalue weighted by atomic mass is 9.70. The summed E-state index contributed by atoms with van der Waals surface area (Å²) in [4.78, 5) is 0. The Labute approximate surface area is 87.9 Å². The van der Waals surface area contributed by atoms with Crippen LogP contribution in [0, 0.1) is 23.2 Å². The van der Waals surface area contributed by atoms with E-state index in [2.05, 4.69) is 20.8 Å². The lowest BCUT2D eigenvalue weighted by Crippen LogP contribution is -2.34. The van der Waals surface area contributed by atoms with Crippen molar-refractivity contribution in [1.82, 2.24) is 0 Å². The maximum Gasteiger partial charge on any atom is 0.0576 e. The smallest absolute Gasteiger partial charge is 0.0576 e. The molecule has 0 heterocycles. The highest BCUT2D eigenvalue weighted by molar-refractivity contribution is 4.97. The van der Waals surface area contributed by atoms with Crippen molar-refractivity contribution in [3.63, 3.8) is 0 Å². The summed E-state index contributed by atoms with van der Waals surface area (Å²) in [7, 11) is 0. The zero-order chi connectivity index (χ0) is 10.3. The molecule has 2 fully saturated rings. The fourth-order valence-corrected chi connectivity index (χ4v) is 4.01. The summed E-state index contributed by atoms with van der Waals surface area (Å²) >= 11 is 0. The molecule has 2 aliphatic carbocycles. The van der Waals surface area contributed by atoms with Crippen LogP contribution in [0.1, 0.15) is 52.9 Å². The van der Waals surface area contributed by atoms with Crippen LogP contribution in [0.25, 0.3) is 0 Å². The van der Waals surface area contributed by atoms with Gasteiger partial charge in [0.05, 0.1) is 6.10 Å². The van der Waals surface area contributed by atoms with E-state index in [0.717, 1.165) is 18.3 Å². The normalized spacial score (nSPS) is 47.1. The van der Waals surface area contributed by atoms with E-state index in [0.29, 0.717) is 11.3 Å².